The summed E-state index contributed by atoms with van der Waals surface area (Å²) in [4.78, 5) is 44.1. The van der Waals surface area contributed by atoms with E-state index in [1.807, 2.05) is 19.1 Å². The van der Waals surface area contributed by atoms with E-state index < -0.39 is 16.8 Å². The second kappa shape index (κ2) is 5.65. The maximum Gasteiger partial charge on any atom is 0.329 e. The van der Waals surface area contributed by atoms with Crippen LogP contribution < -0.4 is 16.8 Å². The van der Waals surface area contributed by atoms with Crippen molar-refractivity contribution in [2.24, 2.45) is 7.05 Å². The van der Waals surface area contributed by atoms with Gasteiger partial charge in [0.15, 0.2) is 5.52 Å². The minimum Gasteiger partial charge on any atom is -0.507 e. The van der Waals surface area contributed by atoms with Gasteiger partial charge < -0.3 is 10.1 Å². The Morgan fingerprint density at radius 2 is 1.88 bits per heavy atom. The summed E-state index contributed by atoms with van der Waals surface area (Å²) in [7, 11) is 1.40. The molecule has 0 saturated carbocycles. The first-order valence-corrected chi connectivity index (χ1v) is 7.08. The predicted molar refractivity (Wildman–Crippen MR) is 89.9 cm³/mol. The lowest BCUT2D eigenvalue weighted by molar-refractivity contribution is 0.514. The molecular weight excluding hydrogens is 312 g/mol. The normalized spacial score (nSPS) is 11.8. The van der Waals surface area contributed by atoms with Crippen LogP contribution in [-0.2, 0) is 7.05 Å². The summed E-state index contributed by atoms with van der Waals surface area (Å²) in [6.45, 7) is 1.82. The number of hydrogen-bond acceptors (Lipinski definition) is 5. The van der Waals surface area contributed by atoms with Gasteiger partial charge in [-0.25, -0.2) is 9.78 Å². The van der Waals surface area contributed by atoms with Gasteiger partial charge in [0, 0.05) is 18.7 Å². The molecule has 2 heterocycles. The highest BCUT2D eigenvalue weighted by Crippen LogP contribution is 2.17. The van der Waals surface area contributed by atoms with Gasteiger partial charge in [0.25, 0.3) is 11.1 Å². The Hall–Kier alpha value is -3.42. The third kappa shape index (κ3) is 2.54. The van der Waals surface area contributed by atoms with Crippen molar-refractivity contribution in [2.45, 2.75) is 6.92 Å². The first kappa shape index (κ1) is 15.5. The quantitative estimate of drug-likeness (QED) is 0.598. The smallest absolute Gasteiger partial charge is 0.329 e. The number of rotatable bonds is 2. The molecule has 0 radical (unpaired) electrons. The topological polar surface area (TPSA) is 121 Å². The highest BCUT2D eigenvalue weighted by Gasteiger charge is 2.11. The molecule has 0 aliphatic carbocycles. The molecule has 122 valence electrons. The number of hydrogen-bond donors (Lipinski definition) is 3. The number of aliphatic hydroxyl groups excluding tert-OH is 1. The molecule has 0 aliphatic heterocycles. The Bertz CT molecular complexity index is 1150. The van der Waals surface area contributed by atoms with Gasteiger partial charge in [0.1, 0.15) is 17.1 Å². The molecule has 8 heteroatoms. The molecule has 3 N–H and O–H groups in total. The fraction of sp³-hybridized carbons (Fsp3) is 0.125. The summed E-state index contributed by atoms with van der Waals surface area (Å²) in [5.74, 6) is -0.147. The van der Waals surface area contributed by atoms with Crippen molar-refractivity contribution in [1.29, 1.82) is 0 Å². The Morgan fingerprint density at radius 1 is 1.17 bits per heavy atom. The maximum absolute atomic E-state index is 12.2. The number of aromatic nitrogens is 4. The number of aryl methyl sites for hydroxylation is 2. The van der Waals surface area contributed by atoms with Crippen LogP contribution in [-0.4, -0.2) is 24.6 Å². The average molecular weight is 326 g/mol. The lowest BCUT2D eigenvalue weighted by Gasteiger charge is -2.05. The summed E-state index contributed by atoms with van der Waals surface area (Å²) in [6.07, 6.45) is 1.19. The number of benzene rings is 1. The number of aliphatic hydroxyl groups is 1. The van der Waals surface area contributed by atoms with Gasteiger partial charge in [-0.2, -0.15) is 0 Å². The third-order valence-electron chi connectivity index (χ3n) is 3.69. The van der Waals surface area contributed by atoms with Crippen molar-refractivity contribution in [2.75, 3.05) is 0 Å². The molecule has 0 unspecified atom stereocenters. The van der Waals surface area contributed by atoms with Crippen molar-refractivity contribution >= 4 is 23.0 Å². The standard InChI is InChI=1S/C16H14N4O4/c1-8-5-3-4-6-9(8)11(21)7-10-14(22)18-13-12(17-10)15(23)19-16(24)20(13)2/h3-7,21H,1-2H3,(H,18,22)(H,19,23,24). The summed E-state index contributed by atoms with van der Waals surface area (Å²) in [6, 6.07) is 7.10. The van der Waals surface area contributed by atoms with Gasteiger partial charge in [-0.05, 0) is 12.5 Å². The zero-order chi connectivity index (χ0) is 17.4. The van der Waals surface area contributed by atoms with Crippen molar-refractivity contribution in [3.8, 4) is 0 Å². The van der Waals surface area contributed by atoms with E-state index in [1.165, 1.54) is 13.1 Å². The molecule has 3 aromatic rings. The molecule has 1 aromatic carbocycles. The van der Waals surface area contributed by atoms with Crippen LogP contribution in [0.1, 0.15) is 16.8 Å². The first-order valence-electron chi connectivity index (χ1n) is 7.08. The van der Waals surface area contributed by atoms with Gasteiger partial charge in [0.05, 0.1) is 0 Å². The van der Waals surface area contributed by atoms with Crippen molar-refractivity contribution in [3.63, 3.8) is 0 Å². The molecule has 24 heavy (non-hydrogen) atoms. The van der Waals surface area contributed by atoms with Gasteiger partial charge >= 0.3 is 5.69 Å². The van der Waals surface area contributed by atoms with Crippen LogP contribution in [0.4, 0.5) is 0 Å². The SMILES string of the molecule is Cc1ccccc1C(O)=Cc1nc2c(=O)[nH]c(=O)n(C)c2[nH]c1=O. The number of nitrogens with zero attached hydrogens (tertiary/aromatic N) is 2. The van der Waals surface area contributed by atoms with Gasteiger partial charge in [-0.15, -0.1) is 0 Å². The Kier molecular flexibility index (Phi) is 3.64. The minimum atomic E-state index is -0.714. The van der Waals surface area contributed by atoms with Crippen LogP contribution in [0.3, 0.4) is 0 Å². The van der Waals surface area contributed by atoms with Crippen molar-refractivity contribution in [1.82, 2.24) is 19.5 Å². The molecule has 0 amide bonds. The highest BCUT2D eigenvalue weighted by atomic mass is 16.3. The van der Waals surface area contributed by atoms with E-state index in [1.54, 1.807) is 12.1 Å². The number of fused-ring (bicyclic) bond motifs is 1. The molecule has 3 rings (SSSR count). The Morgan fingerprint density at radius 3 is 2.58 bits per heavy atom. The van der Waals surface area contributed by atoms with Crippen molar-refractivity contribution in [3.05, 3.63) is 72.3 Å². The predicted octanol–water partition coefficient (Wildman–Crippen LogP) is 0.675. The molecule has 0 bridgehead atoms. The van der Waals surface area contributed by atoms with Gasteiger partial charge in [-0.3, -0.25) is 19.1 Å². The molecular formula is C16H14N4O4. The molecule has 0 atom stereocenters. The summed E-state index contributed by atoms with van der Waals surface area (Å²) >= 11 is 0. The van der Waals surface area contributed by atoms with Crippen molar-refractivity contribution < 1.29 is 5.11 Å². The van der Waals surface area contributed by atoms with Gasteiger partial charge in [0.2, 0.25) is 0 Å². The van der Waals surface area contributed by atoms with E-state index in [0.29, 0.717) is 5.56 Å². The van der Waals surface area contributed by atoms with Crippen LogP contribution in [0.25, 0.3) is 23.0 Å². The van der Waals surface area contributed by atoms with E-state index in [-0.39, 0.29) is 22.6 Å². The fourth-order valence-corrected chi connectivity index (χ4v) is 2.36. The second-order valence-electron chi connectivity index (χ2n) is 5.31. The molecule has 0 spiro atoms. The monoisotopic (exact) mass is 326 g/mol. The molecule has 8 nitrogen and oxygen atoms in total. The van der Waals surface area contributed by atoms with E-state index >= 15 is 0 Å². The van der Waals surface area contributed by atoms with Crippen LogP contribution in [0.2, 0.25) is 0 Å². The second-order valence-corrected chi connectivity index (χ2v) is 5.31. The van der Waals surface area contributed by atoms with E-state index in [2.05, 4.69) is 15.0 Å². The largest absolute Gasteiger partial charge is 0.507 e. The van der Waals surface area contributed by atoms with E-state index in [4.69, 9.17) is 0 Å². The number of H-pyrrole nitrogens is 2. The first-order chi connectivity index (χ1) is 11.4. The fourth-order valence-electron chi connectivity index (χ4n) is 2.36. The van der Waals surface area contributed by atoms with Gasteiger partial charge in [-0.1, -0.05) is 24.3 Å². The average Bonchev–Trinajstić information content (AvgIpc) is 2.54. The zero-order valence-electron chi connectivity index (χ0n) is 13.0. The summed E-state index contributed by atoms with van der Waals surface area (Å²) < 4.78 is 1.08. The summed E-state index contributed by atoms with van der Waals surface area (Å²) in [5.41, 5.74) is -0.834. The Labute approximate surface area is 134 Å². The molecule has 2 aromatic heterocycles. The lowest BCUT2D eigenvalue weighted by Crippen LogP contribution is -2.31. The number of aromatic amines is 2. The maximum atomic E-state index is 12.2. The molecule has 0 fully saturated rings. The molecule has 0 aliphatic rings. The number of nitrogens with one attached hydrogen (secondary N) is 2. The van der Waals surface area contributed by atoms with Crippen LogP contribution in [0, 0.1) is 6.92 Å². The minimum absolute atomic E-state index is 0.0151. The Balaban J connectivity index is 2.25. The zero-order valence-corrected chi connectivity index (χ0v) is 13.0. The third-order valence-corrected chi connectivity index (χ3v) is 3.69. The summed E-state index contributed by atoms with van der Waals surface area (Å²) in [5, 5.41) is 10.2. The van der Waals surface area contributed by atoms with E-state index in [0.717, 1.165) is 10.1 Å². The van der Waals surface area contributed by atoms with Crippen LogP contribution in [0.15, 0.2) is 38.6 Å². The van der Waals surface area contributed by atoms with Crippen LogP contribution >= 0.6 is 0 Å². The molecule has 0 saturated heterocycles. The lowest BCUT2D eigenvalue weighted by atomic mass is 10.1. The van der Waals surface area contributed by atoms with E-state index in [9.17, 15) is 19.5 Å². The van der Waals surface area contributed by atoms with Crippen LogP contribution in [0.5, 0.6) is 0 Å². The highest BCUT2D eigenvalue weighted by molar-refractivity contribution is 5.78.